The molecule has 1 atom stereocenters. The van der Waals surface area contributed by atoms with Crippen molar-refractivity contribution in [2.75, 3.05) is 12.4 Å². The van der Waals surface area contributed by atoms with E-state index in [1.807, 2.05) is 0 Å². The van der Waals surface area contributed by atoms with E-state index in [9.17, 15) is 4.79 Å². The maximum Gasteiger partial charge on any atom is 0.187 e. The number of ether oxygens (including phenoxy) is 1. The first-order chi connectivity index (χ1) is 7.38. The van der Waals surface area contributed by atoms with Crippen LogP contribution in [0.4, 0.5) is 0 Å². The molecule has 1 fully saturated rings. The third-order valence-corrected chi connectivity index (χ3v) is 3.21. The second kappa shape index (κ2) is 5.23. The zero-order valence-electron chi connectivity index (χ0n) is 8.26. The predicted octanol–water partition coefficient (Wildman–Crippen LogP) is 1.56. The summed E-state index contributed by atoms with van der Waals surface area (Å²) in [6.45, 7) is 0.871. The van der Waals surface area contributed by atoms with Gasteiger partial charge in [-0.15, -0.1) is 0 Å². The Labute approximate surface area is 92.5 Å². The van der Waals surface area contributed by atoms with Crippen molar-refractivity contribution in [1.82, 2.24) is 9.97 Å². The van der Waals surface area contributed by atoms with Crippen molar-refractivity contribution in [1.29, 1.82) is 0 Å². The fraction of sp³-hybridized carbons (Fsp3) is 0.500. The summed E-state index contributed by atoms with van der Waals surface area (Å²) in [6.07, 6.45) is 6.43. The second-order valence-electron chi connectivity index (χ2n) is 3.36. The summed E-state index contributed by atoms with van der Waals surface area (Å²) >= 11 is 1.57. The van der Waals surface area contributed by atoms with Crippen LogP contribution in [0, 0.1) is 0 Å². The summed E-state index contributed by atoms with van der Waals surface area (Å²) in [5, 5.41) is 0.705. The predicted molar refractivity (Wildman–Crippen MR) is 57.1 cm³/mol. The van der Waals surface area contributed by atoms with Gasteiger partial charge in [0.25, 0.3) is 0 Å². The van der Waals surface area contributed by atoms with Gasteiger partial charge in [0.15, 0.2) is 11.4 Å². The molecule has 0 aliphatic carbocycles. The maximum absolute atomic E-state index is 10.4. The molecule has 2 rings (SSSR count). The molecule has 1 saturated heterocycles. The van der Waals surface area contributed by atoms with E-state index in [1.54, 1.807) is 11.8 Å². The first kappa shape index (κ1) is 10.6. The van der Waals surface area contributed by atoms with Crippen LogP contribution < -0.4 is 0 Å². The summed E-state index contributed by atoms with van der Waals surface area (Å²) in [5.41, 5.74) is 0.511. The molecule has 0 saturated carbocycles. The van der Waals surface area contributed by atoms with E-state index < -0.39 is 0 Å². The van der Waals surface area contributed by atoms with Gasteiger partial charge in [0.2, 0.25) is 0 Å². The third-order valence-electron chi connectivity index (χ3n) is 2.21. The van der Waals surface area contributed by atoms with Crippen LogP contribution in [0.1, 0.15) is 23.2 Å². The molecule has 0 bridgehead atoms. The van der Waals surface area contributed by atoms with E-state index in [-0.39, 0.29) is 0 Å². The van der Waals surface area contributed by atoms with Crippen LogP contribution in [0.2, 0.25) is 0 Å². The Balaban J connectivity index is 1.84. The number of aldehydes is 1. The average molecular weight is 224 g/mol. The Morgan fingerprint density at radius 3 is 2.93 bits per heavy atom. The molecule has 0 amide bonds. The highest BCUT2D eigenvalue weighted by Crippen LogP contribution is 2.20. The Kier molecular flexibility index (Phi) is 3.69. The van der Waals surface area contributed by atoms with Crippen LogP contribution in [-0.2, 0) is 4.74 Å². The molecule has 1 aromatic heterocycles. The number of carbonyl (C=O) groups is 1. The first-order valence-electron chi connectivity index (χ1n) is 4.90. The van der Waals surface area contributed by atoms with E-state index >= 15 is 0 Å². The standard InChI is InChI=1S/C10H12N2O2S/c13-6-8-4-11-10(12-5-8)15-7-9-2-1-3-14-9/h4-6,9H,1-3,7H2. The highest BCUT2D eigenvalue weighted by atomic mass is 32.2. The molecule has 0 aromatic carbocycles. The second-order valence-corrected chi connectivity index (χ2v) is 4.35. The van der Waals surface area contributed by atoms with Gasteiger partial charge < -0.3 is 4.74 Å². The quantitative estimate of drug-likeness (QED) is 0.441. The summed E-state index contributed by atoms with van der Waals surface area (Å²) in [7, 11) is 0. The van der Waals surface area contributed by atoms with Gasteiger partial charge >= 0.3 is 0 Å². The van der Waals surface area contributed by atoms with E-state index in [0.717, 1.165) is 31.5 Å². The van der Waals surface area contributed by atoms with Crippen molar-refractivity contribution >= 4 is 18.0 Å². The summed E-state index contributed by atoms with van der Waals surface area (Å²) < 4.78 is 5.49. The van der Waals surface area contributed by atoms with Gasteiger partial charge in [-0.05, 0) is 12.8 Å². The van der Waals surface area contributed by atoms with Crippen LogP contribution in [0.3, 0.4) is 0 Å². The number of hydrogen-bond acceptors (Lipinski definition) is 5. The molecule has 0 radical (unpaired) electrons. The molecular weight excluding hydrogens is 212 g/mol. The molecule has 80 valence electrons. The van der Waals surface area contributed by atoms with Gasteiger partial charge in [-0.1, -0.05) is 11.8 Å². The van der Waals surface area contributed by atoms with E-state index in [1.165, 1.54) is 12.4 Å². The smallest absolute Gasteiger partial charge is 0.187 e. The number of rotatable bonds is 4. The molecule has 15 heavy (non-hydrogen) atoms. The Bertz CT molecular complexity index is 323. The minimum Gasteiger partial charge on any atom is -0.377 e. The van der Waals surface area contributed by atoms with Crippen molar-refractivity contribution < 1.29 is 9.53 Å². The largest absolute Gasteiger partial charge is 0.377 e. The third kappa shape index (κ3) is 3.00. The molecule has 1 unspecified atom stereocenters. The summed E-state index contributed by atoms with van der Waals surface area (Å²) in [6, 6.07) is 0. The minimum atomic E-state index is 0.337. The molecule has 4 nitrogen and oxygen atoms in total. The van der Waals surface area contributed by atoms with Crippen molar-refractivity contribution in [2.45, 2.75) is 24.1 Å². The van der Waals surface area contributed by atoms with Crippen LogP contribution in [0.15, 0.2) is 17.6 Å². The fourth-order valence-corrected chi connectivity index (χ4v) is 2.26. The molecule has 2 heterocycles. The van der Waals surface area contributed by atoms with Crippen molar-refractivity contribution in [3.05, 3.63) is 18.0 Å². The number of thioether (sulfide) groups is 1. The van der Waals surface area contributed by atoms with Crippen molar-refractivity contribution in [3.8, 4) is 0 Å². The van der Waals surface area contributed by atoms with Gasteiger partial charge in [-0.25, -0.2) is 9.97 Å². The van der Waals surface area contributed by atoms with Crippen LogP contribution in [0.5, 0.6) is 0 Å². The van der Waals surface area contributed by atoms with Gasteiger partial charge in [0, 0.05) is 24.8 Å². The van der Waals surface area contributed by atoms with E-state index in [0.29, 0.717) is 16.8 Å². The molecule has 0 spiro atoms. The van der Waals surface area contributed by atoms with E-state index in [2.05, 4.69) is 9.97 Å². The summed E-state index contributed by atoms with van der Waals surface area (Å²) in [4.78, 5) is 18.5. The SMILES string of the molecule is O=Cc1cnc(SCC2CCCO2)nc1. The van der Waals surface area contributed by atoms with Crippen molar-refractivity contribution in [3.63, 3.8) is 0 Å². The summed E-state index contributed by atoms with van der Waals surface area (Å²) in [5.74, 6) is 0.889. The normalized spacial score (nSPS) is 20.4. The molecular formula is C10H12N2O2S. The van der Waals surface area contributed by atoms with Crippen molar-refractivity contribution in [2.24, 2.45) is 0 Å². The molecule has 0 N–H and O–H groups in total. The lowest BCUT2D eigenvalue weighted by Crippen LogP contribution is -2.08. The van der Waals surface area contributed by atoms with Gasteiger partial charge in [0.1, 0.15) is 0 Å². The van der Waals surface area contributed by atoms with Crippen LogP contribution in [0.25, 0.3) is 0 Å². The van der Waals surface area contributed by atoms with E-state index in [4.69, 9.17) is 4.74 Å². The topological polar surface area (TPSA) is 52.1 Å². The van der Waals surface area contributed by atoms with Gasteiger partial charge in [-0.3, -0.25) is 4.79 Å². The van der Waals surface area contributed by atoms with Gasteiger partial charge in [0.05, 0.1) is 11.7 Å². The zero-order chi connectivity index (χ0) is 10.5. The highest BCUT2D eigenvalue weighted by molar-refractivity contribution is 7.99. The number of nitrogens with zero attached hydrogens (tertiary/aromatic N) is 2. The van der Waals surface area contributed by atoms with Crippen LogP contribution >= 0.6 is 11.8 Å². The molecule has 1 aliphatic heterocycles. The highest BCUT2D eigenvalue weighted by Gasteiger charge is 2.15. The lowest BCUT2D eigenvalue weighted by Gasteiger charge is -2.06. The minimum absolute atomic E-state index is 0.337. The first-order valence-corrected chi connectivity index (χ1v) is 5.88. The fourth-order valence-electron chi connectivity index (χ4n) is 1.40. The molecule has 1 aromatic rings. The molecule has 1 aliphatic rings. The average Bonchev–Trinajstić information content (AvgIpc) is 2.80. The lowest BCUT2D eigenvalue weighted by molar-refractivity contribution is 0.112. The van der Waals surface area contributed by atoms with Gasteiger partial charge in [-0.2, -0.15) is 0 Å². The van der Waals surface area contributed by atoms with Crippen LogP contribution in [-0.4, -0.2) is 34.7 Å². The number of aromatic nitrogens is 2. The monoisotopic (exact) mass is 224 g/mol. The number of carbonyl (C=O) groups excluding carboxylic acids is 1. The Morgan fingerprint density at radius 2 is 2.33 bits per heavy atom. The Hall–Kier alpha value is -0.940. The lowest BCUT2D eigenvalue weighted by atomic mass is 10.3. The zero-order valence-corrected chi connectivity index (χ0v) is 9.07. The number of hydrogen-bond donors (Lipinski definition) is 0. The maximum atomic E-state index is 10.4. The molecule has 5 heteroatoms. The Morgan fingerprint density at radius 1 is 1.53 bits per heavy atom.